The number of carbonyl (C=O) groups is 2. The van der Waals surface area contributed by atoms with Gasteiger partial charge in [-0.25, -0.2) is 0 Å². The molecule has 20 heavy (non-hydrogen) atoms. The Hall–Kier alpha value is -2.83. The Morgan fingerprint density at radius 2 is 2.05 bits per heavy atom. The minimum absolute atomic E-state index is 0.193. The molecule has 7 heteroatoms. The van der Waals surface area contributed by atoms with Crippen molar-refractivity contribution in [2.75, 3.05) is 18.2 Å². The van der Waals surface area contributed by atoms with E-state index in [0.29, 0.717) is 5.69 Å². The zero-order valence-electron chi connectivity index (χ0n) is 10.8. The van der Waals surface area contributed by atoms with E-state index in [1.807, 2.05) is 0 Å². The van der Waals surface area contributed by atoms with Crippen LogP contribution < -0.4 is 11.1 Å². The van der Waals surface area contributed by atoms with Crippen molar-refractivity contribution in [3.8, 4) is 0 Å². The lowest BCUT2D eigenvalue weighted by molar-refractivity contribution is -0.139. The molecule has 0 aliphatic carbocycles. The molecule has 0 aliphatic rings. The third kappa shape index (κ3) is 3.14. The van der Waals surface area contributed by atoms with E-state index in [0.717, 1.165) is 5.56 Å². The molecule has 7 nitrogen and oxygen atoms in total. The van der Waals surface area contributed by atoms with Gasteiger partial charge in [-0.15, -0.1) is 0 Å². The number of carbonyl (C=O) groups excluding carboxylic acids is 2. The molecule has 1 amide bonds. The first-order valence-electron chi connectivity index (χ1n) is 5.86. The van der Waals surface area contributed by atoms with Crippen LogP contribution in [0.4, 0.5) is 11.4 Å². The fourth-order valence-electron chi connectivity index (χ4n) is 1.62. The molecule has 0 radical (unpaired) electrons. The van der Waals surface area contributed by atoms with E-state index in [-0.39, 0.29) is 29.7 Å². The lowest BCUT2D eigenvalue weighted by Gasteiger charge is -2.05. The summed E-state index contributed by atoms with van der Waals surface area (Å²) in [7, 11) is 1.34. The van der Waals surface area contributed by atoms with Crippen LogP contribution in [0.2, 0.25) is 0 Å². The topological polar surface area (TPSA) is 110 Å². The van der Waals surface area contributed by atoms with Crippen molar-refractivity contribution in [3.05, 3.63) is 41.7 Å². The number of aromatic nitrogens is 2. The molecule has 0 atom stereocenters. The number of ether oxygens (including phenoxy) is 1. The molecule has 2 aromatic rings. The van der Waals surface area contributed by atoms with Crippen molar-refractivity contribution >= 4 is 23.3 Å². The van der Waals surface area contributed by atoms with Gasteiger partial charge in [-0.2, -0.15) is 5.10 Å². The summed E-state index contributed by atoms with van der Waals surface area (Å²) < 4.78 is 4.58. The molecule has 0 spiro atoms. The number of hydrogen-bond acceptors (Lipinski definition) is 5. The third-order valence-corrected chi connectivity index (χ3v) is 2.68. The van der Waals surface area contributed by atoms with Gasteiger partial charge in [0.2, 0.25) is 0 Å². The summed E-state index contributed by atoms with van der Waals surface area (Å²) >= 11 is 0. The van der Waals surface area contributed by atoms with E-state index >= 15 is 0 Å². The number of nitrogen functional groups attached to an aromatic ring is 1. The molecule has 0 fully saturated rings. The van der Waals surface area contributed by atoms with Gasteiger partial charge in [0.1, 0.15) is 5.69 Å². The Bertz CT molecular complexity index is 619. The highest BCUT2D eigenvalue weighted by Crippen LogP contribution is 2.13. The zero-order valence-corrected chi connectivity index (χ0v) is 10.8. The molecule has 1 aromatic heterocycles. The maximum absolute atomic E-state index is 11.9. The van der Waals surface area contributed by atoms with Crippen LogP contribution in [0.25, 0.3) is 0 Å². The average molecular weight is 274 g/mol. The van der Waals surface area contributed by atoms with Crippen molar-refractivity contribution in [1.82, 2.24) is 10.2 Å². The average Bonchev–Trinajstić information content (AvgIpc) is 2.87. The van der Waals surface area contributed by atoms with Gasteiger partial charge in [0.05, 0.1) is 25.4 Å². The predicted octanol–water partition coefficient (Wildman–Crippen LogP) is 0.960. The Kier molecular flexibility index (Phi) is 3.99. The summed E-state index contributed by atoms with van der Waals surface area (Å²) in [5, 5.41) is 8.87. The Morgan fingerprint density at radius 3 is 2.60 bits per heavy atom. The highest BCUT2D eigenvalue weighted by Gasteiger charge is 2.11. The molecule has 0 unspecified atom stereocenters. The van der Waals surface area contributed by atoms with Crippen molar-refractivity contribution < 1.29 is 14.3 Å². The van der Waals surface area contributed by atoms with Gasteiger partial charge in [0.15, 0.2) is 0 Å². The summed E-state index contributed by atoms with van der Waals surface area (Å²) in [6, 6.07) is 6.87. The summed E-state index contributed by atoms with van der Waals surface area (Å²) in [6.07, 6.45) is 1.56. The molecule has 2 rings (SSSR count). The third-order valence-electron chi connectivity index (χ3n) is 2.68. The molecule has 0 saturated carbocycles. The molecular weight excluding hydrogens is 260 g/mol. The minimum Gasteiger partial charge on any atom is -0.469 e. The molecule has 104 valence electrons. The molecule has 1 heterocycles. The second-order valence-electron chi connectivity index (χ2n) is 4.10. The second kappa shape index (κ2) is 5.87. The van der Waals surface area contributed by atoms with Gasteiger partial charge in [-0.05, 0) is 17.7 Å². The largest absolute Gasteiger partial charge is 0.469 e. The Morgan fingerprint density at radius 1 is 1.35 bits per heavy atom. The van der Waals surface area contributed by atoms with Crippen molar-refractivity contribution in [3.63, 3.8) is 0 Å². The van der Waals surface area contributed by atoms with E-state index in [1.165, 1.54) is 13.3 Å². The number of rotatable bonds is 4. The number of methoxy groups -OCH3 is 1. The van der Waals surface area contributed by atoms with Crippen LogP contribution in [0.5, 0.6) is 0 Å². The molecule has 0 saturated heterocycles. The smallest absolute Gasteiger partial charge is 0.309 e. The number of aromatic amines is 1. The summed E-state index contributed by atoms with van der Waals surface area (Å²) in [4.78, 5) is 23.0. The zero-order chi connectivity index (χ0) is 14.5. The van der Waals surface area contributed by atoms with Gasteiger partial charge >= 0.3 is 5.97 Å². The van der Waals surface area contributed by atoms with Crippen molar-refractivity contribution in [2.24, 2.45) is 0 Å². The first-order chi connectivity index (χ1) is 9.60. The summed E-state index contributed by atoms with van der Waals surface area (Å²) in [5.41, 5.74) is 7.47. The normalized spacial score (nSPS) is 10.1. The fraction of sp³-hybridized carbons (Fsp3) is 0.154. The van der Waals surface area contributed by atoms with Crippen molar-refractivity contribution in [1.29, 1.82) is 0 Å². The quantitative estimate of drug-likeness (QED) is 0.719. The number of H-pyrrole nitrogens is 1. The molecule has 1 aromatic carbocycles. The van der Waals surface area contributed by atoms with Crippen LogP contribution in [0, 0.1) is 0 Å². The van der Waals surface area contributed by atoms with E-state index in [9.17, 15) is 9.59 Å². The van der Waals surface area contributed by atoms with E-state index in [2.05, 4.69) is 20.3 Å². The standard InChI is InChI=1S/C13H14N4O3/c1-20-11(18)6-8-2-4-9(5-3-8)16-13(19)12-10(14)7-15-17-12/h2-5,7H,6,14H2,1H3,(H,15,17)(H,16,19). The molecule has 0 aliphatic heterocycles. The number of amides is 1. The number of nitrogens with zero attached hydrogens (tertiary/aromatic N) is 1. The monoisotopic (exact) mass is 274 g/mol. The van der Waals surface area contributed by atoms with Crippen LogP contribution in [0.1, 0.15) is 16.1 Å². The van der Waals surface area contributed by atoms with Crippen LogP contribution in [-0.2, 0) is 16.0 Å². The number of esters is 1. The van der Waals surface area contributed by atoms with Crippen LogP contribution in [0.3, 0.4) is 0 Å². The SMILES string of the molecule is COC(=O)Cc1ccc(NC(=O)c2[nH]ncc2N)cc1. The fourth-order valence-corrected chi connectivity index (χ4v) is 1.62. The maximum Gasteiger partial charge on any atom is 0.309 e. The number of nitrogens with one attached hydrogen (secondary N) is 2. The number of benzene rings is 1. The van der Waals surface area contributed by atoms with E-state index < -0.39 is 0 Å². The lowest BCUT2D eigenvalue weighted by Crippen LogP contribution is -2.14. The molecule has 0 bridgehead atoms. The molecular formula is C13H14N4O3. The highest BCUT2D eigenvalue weighted by atomic mass is 16.5. The van der Waals surface area contributed by atoms with Gasteiger partial charge in [0.25, 0.3) is 5.91 Å². The van der Waals surface area contributed by atoms with Gasteiger partial charge in [0, 0.05) is 5.69 Å². The minimum atomic E-state index is -0.374. The first kappa shape index (κ1) is 13.6. The first-order valence-corrected chi connectivity index (χ1v) is 5.86. The Balaban J connectivity index is 2.02. The van der Waals surface area contributed by atoms with Gasteiger partial charge in [-0.3, -0.25) is 14.7 Å². The second-order valence-corrected chi connectivity index (χ2v) is 4.10. The van der Waals surface area contributed by atoms with Crippen LogP contribution in [0.15, 0.2) is 30.5 Å². The van der Waals surface area contributed by atoms with Gasteiger partial charge < -0.3 is 15.8 Å². The maximum atomic E-state index is 11.9. The molecule has 4 N–H and O–H groups in total. The summed E-state index contributed by atoms with van der Waals surface area (Å²) in [5.74, 6) is -0.687. The van der Waals surface area contributed by atoms with E-state index in [4.69, 9.17) is 5.73 Å². The van der Waals surface area contributed by atoms with Crippen LogP contribution >= 0.6 is 0 Å². The number of nitrogens with two attached hydrogens (primary N) is 1. The summed E-state index contributed by atoms with van der Waals surface area (Å²) in [6.45, 7) is 0. The number of hydrogen-bond donors (Lipinski definition) is 3. The van der Waals surface area contributed by atoms with Crippen molar-refractivity contribution in [2.45, 2.75) is 6.42 Å². The van der Waals surface area contributed by atoms with Crippen LogP contribution in [-0.4, -0.2) is 29.2 Å². The van der Waals surface area contributed by atoms with Gasteiger partial charge in [-0.1, -0.05) is 12.1 Å². The number of anilines is 2. The van der Waals surface area contributed by atoms with E-state index in [1.54, 1.807) is 24.3 Å². The highest BCUT2D eigenvalue weighted by molar-refractivity contribution is 6.06. The predicted molar refractivity (Wildman–Crippen MR) is 73.1 cm³/mol. The Labute approximate surface area is 115 Å². The lowest BCUT2D eigenvalue weighted by atomic mass is 10.1.